The Balaban J connectivity index is 2.52. The van der Waals surface area contributed by atoms with Crippen molar-refractivity contribution in [3.63, 3.8) is 0 Å². The summed E-state index contributed by atoms with van der Waals surface area (Å²) in [6, 6.07) is 0. The van der Waals surface area contributed by atoms with Gasteiger partial charge in [-0.3, -0.25) is 9.59 Å². The van der Waals surface area contributed by atoms with Crippen molar-refractivity contribution in [3.8, 4) is 0 Å². The molecule has 1 N–H and O–H groups in total. The second-order valence-corrected chi connectivity index (χ2v) is 3.41. The van der Waals surface area contributed by atoms with Crippen molar-refractivity contribution in [1.82, 2.24) is 4.90 Å². The third-order valence-electron chi connectivity index (χ3n) is 2.34. The highest BCUT2D eigenvalue weighted by atomic mass is 16.4. The Morgan fingerprint density at radius 3 is 2.92 bits per heavy atom. The summed E-state index contributed by atoms with van der Waals surface area (Å²) in [4.78, 5) is 23.6. The second kappa shape index (κ2) is 4.25. The fourth-order valence-corrected chi connectivity index (χ4v) is 1.60. The van der Waals surface area contributed by atoms with Crippen molar-refractivity contribution < 1.29 is 14.7 Å². The first-order valence-corrected chi connectivity index (χ1v) is 4.65. The average molecular weight is 185 g/mol. The number of hydrogen-bond donors (Lipinski definition) is 1. The molecule has 4 heteroatoms. The van der Waals surface area contributed by atoms with Gasteiger partial charge < -0.3 is 10.0 Å². The molecule has 0 saturated carbocycles. The Kier molecular flexibility index (Phi) is 3.28. The van der Waals surface area contributed by atoms with Gasteiger partial charge in [0.1, 0.15) is 0 Å². The molecule has 1 heterocycles. The van der Waals surface area contributed by atoms with Crippen LogP contribution >= 0.6 is 0 Å². The van der Waals surface area contributed by atoms with E-state index in [2.05, 4.69) is 0 Å². The van der Waals surface area contributed by atoms with Crippen LogP contribution in [-0.2, 0) is 9.59 Å². The highest BCUT2D eigenvalue weighted by molar-refractivity contribution is 5.80. The van der Waals surface area contributed by atoms with Crippen molar-refractivity contribution in [3.05, 3.63) is 0 Å². The van der Waals surface area contributed by atoms with E-state index in [0.717, 1.165) is 6.42 Å². The topological polar surface area (TPSA) is 57.6 Å². The van der Waals surface area contributed by atoms with Crippen molar-refractivity contribution in [2.75, 3.05) is 13.1 Å². The third-order valence-corrected chi connectivity index (χ3v) is 2.34. The summed E-state index contributed by atoms with van der Waals surface area (Å²) < 4.78 is 0. The minimum Gasteiger partial charge on any atom is -0.481 e. The van der Waals surface area contributed by atoms with E-state index in [4.69, 9.17) is 5.11 Å². The van der Waals surface area contributed by atoms with E-state index in [1.54, 1.807) is 4.90 Å². The number of amides is 1. The molecule has 1 fully saturated rings. The van der Waals surface area contributed by atoms with Crippen molar-refractivity contribution >= 4 is 11.9 Å². The Morgan fingerprint density at radius 2 is 2.38 bits per heavy atom. The summed E-state index contributed by atoms with van der Waals surface area (Å²) >= 11 is 0. The lowest BCUT2D eigenvalue weighted by Gasteiger charge is -2.30. The van der Waals surface area contributed by atoms with E-state index in [0.29, 0.717) is 25.9 Å². The van der Waals surface area contributed by atoms with Crippen LogP contribution in [0.15, 0.2) is 0 Å². The zero-order chi connectivity index (χ0) is 9.84. The Bertz CT molecular complexity index is 215. The second-order valence-electron chi connectivity index (χ2n) is 3.41. The fraction of sp³-hybridized carbons (Fsp3) is 0.778. The Hall–Kier alpha value is -1.06. The van der Waals surface area contributed by atoms with Crippen LogP contribution in [0.5, 0.6) is 0 Å². The van der Waals surface area contributed by atoms with Crippen LogP contribution in [0.1, 0.15) is 26.2 Å². The van der Waals surface area contributed by atoms with Gasteiger partial charge in [0, 0.05) is 19.5 Å². The van der Waals surface area contributed by atoms with E-state index in [9.17, 15) is 9.59 Å². The molecule has 0 aliphatic carbocycles. The van der Waals surface area contributed by atoms with E-state index in [-0.39, 0.29) is 11.8 Å². The molecule has 1 rings (SSSR count). The number of aliphatic carboxylic acids is 1. The van der Waals surface area contributed by atoms with Gasteiger partial charge in [-0.15, -0.1) is 0 Å². The molecule has 0 bridgehead atoms. The quantitative estimate of drug-likeness (QED) is 0.704. The zero-order valence-electron chi connectivity index (χ0n) is 7.82. The standard InChI is InChI=1S/C9H15NO3/c1-2-5-10-6-7(9(12)13)3-4-8(10)11/h7H,2-6H2,1H3,(H,12,13). The van der Waals surface area contributed by atoms with Crippen LogP contribution < -0.4 is 0 Å². The molecule has 1 aliphatic rings. The number of nitrogens with zero attached hydrogens (tertiary/aromatic N) is 1. The van der Waals surface area contributed by atoms with Crippen LogP contribution in [-0.4, -0.2) is 35.0 Å². The van der Waals surface area contributed by atoms with Crippen LogP contribution in [0.2, 0.25) is 0 Å². The Labute approximate surface area is 77.5 Å². The number of likely N-dealkylation sites (tertiary alicyclic amines) is 1. The Morgan fingerprint density at radius 1 is 1.69 bits per heavy atom. The summed E-state index contributed by atoms with van der Waals surface area (Å²) in [7, 11) is 0. The molecular weight excluding hydrogens is 170 g/mol. The third kappa shape index (κ3) is 2.44. The number of carbonyl (C=O) groups excluding carboxylic acids is 1. The fourth-order valence-electron chi connectivity index (χ4n) is 1.60. The van der Waals surface area contributed by atoms with Crippen LogP contribution in [0, 0.1) is 5.92 Å². The lowest BCUT2D eigenvalue weighted by molar-refractivity contribution is -0.147. The number of carbonyl (C=O) groups is 2. The highest BCUT2D eigenvalue weighted by Gasteiger charge is 2.29. The maximum atomic E-state index is 11.3. The minimum absolute atomic E-state index is 0.0966. The summed E-state index contributed by atoms with van der Waals surface area (Å²) in [5, 5.41) is 8.77. The zero-order valence-corrected chi connectivity index (χ0v) is 7.82. The molecule has 1 atom stereocenters. The van der Waals surface area contributed by atoms with Gasteiger partial charge in [0.25, 0.3) is 0 Å². The molecule has 1 unspecified atom stereocenters. The highest BCUT2D eigenvalue weighted by Crippen LogP contribution is 2.17. The molecule has 0 aromatic carbocycles. The monoisotopic (exact) mass is 185 g/mol. The lowest BCUT2D eigenvalue weighted by Crippen LogP contribution is -2.42. The van der Waals surface area contributed by atoms with E-state index < -0.39 is 5.97 Å². The van der Waals surface area contributed by atoms with Gasteiger partial charge in [0.2, 0.25) is 5.91 Å². The number of carboxylic acids is 1. The smallest absolute Gasteiger partial charge is 0.308 e. The summed E-state index contributed by atoms with van der Waals surface area (Å²) in [5.41, 5.74) is 0. The van der Waals surface area contributed by atoms with Gasteiger partial charge >= 0.3 is 5.97 Å². The van der Waals surface area contributed by atoms with Crippen molar-refractivity contribution in [2.45, 2.75) is 26.2 Å². The van der Waals surface area contributed by atoms with Crippen LogP contribution in [0.25, 0.3) is 0 Å². The van der Waals surface area contributed by atoms with Gasteiger partial charge in [-0.1, -0.05) is 6.92 Å². The van der Waals surface area contributed by atoms with E-state index in [1.165, 1.54) is 0 Å². The van der Waals surface area contributed by atoms with Gasteiger partial charge in [-0.2, -0.15) is 0 Å². The maximum Gasteiger partial charge on any atom is 0.308 e. The van der Waals surface area contributed by atoms with Crippen LogP contribution in [0.4, 0.5) is 0 Å². The lowest BCUT2D eigenvalue weighted by atomic mass is 9.98. The molecule has 0 aromatic rings. The largest absolute Gasteiger partial charge is 0.481 e. The number of piperidine rings is 1. The SMILES string of the molecule is CCCN1CC(C(=O)O)CCC1=O. The molecule has 0 radical (unpaired) electrons. The van der Waals surface area contributed by atoms with Crippen molar-refractivity contribution in [2.24, 2.45) is 5.92 Å². The molecule has 4 nitrogen and oxygen atoms in total. The predicted molar refractivity (Wildman–Crippen MR) is 47.2 cm³/mol. The summed E-state index contributed by atoms with van der Waals surface area (Å²) in [6.07, 6.45) is 1.77. The first kappa shape index (κ1) is 10.0. The number of hydrogen-bond acceptors (Lipinski definition) is 2. The van der Waals surface area contributed by atoms with Crippen molar-refractivity contribution in [1.29, 1.82) is 0 Å². The van der Waals surface area contributed by atoms with Gasteiger partial charge in [-0.25, -0.2) is 0 Å². The van der Waals surface area contributed by atoms with Crippen LogP contribution in [0.3, 0.4) is 0 Å². The summed E-state index contributed by atoms with van der Waals surface area (Å²) in [6.45, 7) is 3.06. The predicted octanol–water partition coefficient (Wildman–Crippen LogP) is 0.720. The molecule has 1 aliphatic heterocycles. The number of rotatable bonds is 3. The summed E-state index contributed by atoms with van der Waals surface area (Å²) in [5.74, 6) is -1.04. The molecule has 74 valence electrons. The van der Waals surface area contributed by atoms with Gasteiger partial charge in [0.05, 0.1) is 5.92 Å². The van der Waals surface area contributed by atoms with E-state index in [1.807, 2.05) is 6.92 Å². The molecule has 0 spiro atoms. The van der Waals surface area contributed by atoms with Gasteiger partial charge in [-0.05, 0) is 12.8 Å². The average Bonchev–Trinajstić information content (AvgIpc) is 2.08. The normalized spacial score (nSPS) is 23.3. The maximum absolute atomic E-state index is 11.3. The molecular formula is C9H15NO3. The molecule has 1 amide bonds. The first-order valence-electron chi connectivity index (χ1n) is 4.65. The van der Waals surface area contributed by atoms with Gasteiger partial charge in [0.15, 0.2) is 0 Å². The number of carboxylic acid groups (broad SMARTS) is 1. The molecule has 13 heavy (non-hydrogen) atoms. The van der Waals surface area contributed by atoms with E-state index >= 15 is 0 Å². The molecule has 0 aromatic heterocycles. The minimum atomic E-state index is -0.784. The first-order chi connectivity index (χ1) is 6.15. The molecule has 1 saturated heterocycles.